The van der Waals surface area contributed by atoms with Gasteiger partial charge in [-0.05, 0) is 12.8 Å². The van der Waals surface area contributed by atoms with Crippen molar-refractivity contribution in [1.82, 2.24) is 4.98 Å². The van der Waals surface area contributed by atoms with Crippen LogP contribution in [0.3, 0.4) is 0 Å². The Balaban J connectivity index is 2.10. The second kappa shape index (κ2) is 3.76. The molecule has 0 aliphatic heterocycles. The van der Waals surface area contributed by atoms with E-state index in [4.69, 9.17) is 0 Å². The SMILES string of the molecule is O=C(Cc1cc([N+](=O)[O-])ccn1)C1CC1. The third kappa shape index (κ3) is 2.37. The van der Waals surface area contributed by atoms with Crippen LogP contribution < -0.4 is 0 Å². The van der Waals surface area contributed by atoms with E-state index in [0.717, 1.165) is 12.8 Å². The molecular formula is C10H10N2O3. The molecule has 0 radical (unpaired) electrons. The lowest BCUT2D eigenvalue weighted by molar-refractivity contribution is -0.385. The lowest BCUT2D eigenvalue weighted by atomic mass is 10.1. The van der Waals surface area contributed by atoms with Gasteiger partial charge in [-0.25, -0.2) is 0 Å². The minimum atomic E-state index is -0.479. The number of ketones is 1. The van der Waals surface area contributed by atoms with Gasteiger partial charge in [-0.1, -0.05) is 0 Å². The molecule has 0 aromatic carbocycles. The summed E-state index contributed by atoms with van der Waals surface area (Å²) in [5.41, 5.74) is 0.477. The van der Waals surface area contributed by atoms with Crippen LogP contribution in [0.2, 0.25) is 0 Å². The van der Waals surface area contributed by atoms with Crippen LogP contribution in [-0.4, -0.2) is 15.7 Å². The molecule has 1 saturated carbocycles. The number of carbonyl (C=O) groups excluding carboxylic acids is 1. The van der Waals surface area contributed by atoms with Crippen LogP contribution >= 0.6 is 0 Å². The maximum atomic E-state index is 11.4. The fourth-order valence-corrected chi connectivity index (χ4v) is 1.40. The van der Waals surface area contributed by atoms with Gasteiger partial charge in [0.25, 0.3) is 5.69 Å². The van der Waals surface area contributed by atoms with Crippen molar-refractivity contribution in [3.63, 3.8) is 0 Å². The van der Waals surface area contributed by atoms with Crippen LogP contribution in [0.4, 0.5) is 5.69 Å². The van der Waals surface area contributed by atoms with Crippen molar-refractivity contribution >= 4 is 11.5 Å². The van der Waals surface area contributed by atoms with Crippen molar-refractivity contribution < 1.29 is 9.72 Å². The van der Waals surface area contributed by atoms with Gasteiger partial charge in [0, 0.05) is 30.7 Å². The average molecular weight is 206 g/mol. The Bertz CT molecular complexity index is 413. The molecule has 5 heteroatoms. The number of rotatable bonds is 4. The summed E-state index contributed by atoms with van der Waals surface area (Å²) in [6.45, 7) is 0. The van der Waals surface area contributed by atoms with Crippen LogP contribution in [0.1, 0.15) is 18.5 Å². The molecule has 1 heterocycles. The van der Waals surface area contributed by atoms with E-state index in [1.807, 2.05) is 0 Å². The number of hydrogen-bond donors (Lipinski definition) is 0. The average Bonchev–Trinajstić information content (AvgIpc) is 3.01. The minimum absolute atomic E-state index is 0.0106. The summed E-state index contributed by atoms with van der Waals surface area (Å²) in [5, 5.41) is 10.5. The number of nitrogens with zero attached hydrogens (tertiary/aromatic N) is 2. The van der Waals surface area contributed by atoms with E-state index in [1.165, 1.54) is 18.3 Å². The Kier molecular flexibility index (Phi) is 2.45. The van der Waals surface area contributed by atoms with E-state index in [1.54, 1.807) is 0 Å². The van der Waals surface area contributed by atoms with Crippen LogP contribution in [-0.2, 0) is 11.2 Å². The van der Waals surface area contributed by atoms with Crippen molar-refractivity contribution in [2.75, 3.05) is 0 Å². The topological polar surface area (TPSA) is 73.1 Å². The molecule has 0 atom stereocenters. The van der Waals surface area contributed by atoms with Crippen LogP contribution in [0.25, 0.3) is 0 Å². The van der Waals surface area contributed by atoms with Crippen molar-refractivity contribution in [3.05, 3.63) is 34.1 Å². The first-order valence-corrected chi connectivity index (χ1v) is 4.79. The maximum absolute atomic E-state index is 11.4. The zero-order valence-electron chi connectivity index (χ0n) is 8.05. The number of hydrogen-bond acceptors (Lipinski definition) is 4. The predicted molar refractivity (Wildman–Crippen MR) is 52.3 cm³/mol. The van der Waals surface area contributed by atoms with Gasteiger partial charge in [-0.15, -0.1) is 0 Å². The highest BCUT2D eigenvalue weighted by Gasteiger charge is 2.29. The van der Waals surface area contributed by atoms with Crippen molar-refractivity contribution in [1.29, 1.82) is 0 Å². The fourth-order valence-electron chi connectivity index (χ4n) is 1.40. The van der Waals surface area contributed by atoms with Gasteiger partial charge < -0.3 is 0 Å². The first-order valence-electron chi connectivity index (χ1n) is 4.79. The molecule has 78 valence electrons. The van der Waals surface area contributed by atoms with Crippen LogP contribution in [0.15, 0.2) is 18.3 Å². The summed E-state index contributed by atoms with van der Waals surface area (Å²) in [5.74, 6) is 0.314. The quantitative estimate of drug-likeness (QED) is 0.552. The number of aromatic nitrogens is 1. The largest absolute Gasteiger partial charge is 0.299 e. The number of Topliss-reactive ketones (excluding diaryl/α,β-unsaturated/α-hetero) is 1. The van der Waals surface area contributed by atoms with E-state index in [0.29, 0.717) is 5.69 Å². The monoisotopic (exact) mass is 206 g/mol. The summed E-state index contributed by atoms with van der Waals surface area (Å²) >= 11 is 0. The Morgan fingerprint density at radius 3 is 2.93 bits per heavy atom. The first-order chi connectivity index (χ1) is 7.16. The molecule has 0 bridgehead atoms. The smallest absolute Gasteiger partial charge is 0.272 e. The molecule has 1 aromatic rings. The Morgan fingerprint density at radius 2 is 2.33 bits per heavy atom. The maximum Gasteiger partial charge on any atom is 0.272 e. The molecule has 1 aliphatic rings. The third-order valence-corrected chi connectivity index (χ3v) is 2.40. The molecular weight excluding hydrogens is 196 g/mol. The third-order valence-electron chi connectivity index (χ3n) is 2.40. The van der Waals surface area contributed by atoms with E-state index in [2.05, 4.69) is 4.98 Å². The molecule has 1 aromatic heterocycles. The molecule has 1 aliphatic carbocycles. The minimum Gasteiger partial charge on any atom is -0.299 e. The Labute approximate surface area is 86.3 Å². The summed E-state index contributed by atoms with van der Waals surface area (Å²) in [6.07, 6.45) is 3.49. The molecule has 15 heavy (non-hydrogen) atoms. The lowest BCUT2D eigenvalue weighted by Crippen LogP contribution is -2.06. The normalized spacial score (nSPS) is 14.9. The molecule has 0 unspecified atom stereocenters. The van der Waals surface area contributed by atoms with Gasteiger partial charge in [-0.2, -0.15) is 0 Å². The van der Waals surface area contributed by atoms with E-state index in [9.17, 15) is 14.9 Å². The Hall–Kier alpha value is -1.78. The summed E-state index contributed by atoms with van der Waals surface area (Å²) in [4.78, 5) is 25.4. The van der Waals surface area contributed by atoms with Gasteiger partial charge in [0.1, 0.15) is 5.78 Å². The fraction of sp³-hybridized carbons (Fsp3) is 0.400. The summed E-state index contributed by atoms with van der Waals surface area (Å²) in [6, 6.07) is 2.69. The number of carbonyl (C=O) groups is 1. The van der Waals surface area contributed by atoms with Gasteiger partial charge in [0.05, 0.1) is 10.6 Å². The predicted octanol–water partition coefficient (Wildman–Crippen LogP) is 1.51. The molecule has 0 spiro atoms. The second-order valence-corrected chi connectivity index (χ2v) is 3.68. The zero-order valence-corrected chi connectivity index (χ0v) is 8.05. The van der Waals surface area contributed by atoms with E-state index < -0.39 is 4.92 Å². The van der Waals surface area contributed by atoms with E-state index >= 15 is 0 Å². The highest BCUT2D eigenvalue weighted by atomic mass is 16.6. The van der Waals surface area contributed by atoms with Gasteiger partial charge in [-0.3, -0.25) is 19.9 Å². The van der Waals surface area contributed by atoms with Crippen molar-refractivity contribution in [2.45, 2.75) is 19.3 Å². The molecule has 2 rings (SSSR count). The molecule has 0 amide bonds. The second-order valence-electron chi connectivity index (χ2n) is 3.68. The van der Waals surface area contributed by atoms with Crippen LogP contribution in [0, 0.1) is 16.0 Å². The van der Waals surface area contributed by atoms with Gasteiger partial charge in [0.2, 0.25) is 0 Å². The number of nitro groups is 1. The highest BCUT2D eigenvalue weighted by molar-refractivity contribution is 5.84. The molecule has 1 fully saturated rings. The van der Waals surface area contributed by atoms with Crippen molar-refractivity contribution in [3.8, 4) is 0 Å². The van der Waals surface area contributed by atoms with Crippen LogP contribution in [0.5, 0.6) is 0 Å². The standard InChI is InChI=1S/C10H10N2O3/c13-10(7-1-2-7)6-8-5-9(12(14)15)3-4-11-8/h3-5,7H,1-2,6H2. The van der Waals surface area contributed by atoms with Crippen molar-refractivity contribution in [2.24, 2.45) is 5.92 Å². The van der Waals surface area contributed by atoms with Gasteiger partial charge in [0.15, 0.2) is 0 Å². The van der Waals surface area contributed by atoms with E-state index in [-0.39, 0.29) is 23.8 Å². The first kappa shape index (κ1) is 9.76. The molecule has 0 saturated heterocycles. The zero-order chi connectivity index (χ0) is 10.8. The van der Waals surface area contributed by atoms with Gasteiger partial charge >= 0.3 is 0 Å². The highest BCUT2D eigenvalue weighted by Crippen LogP contribution is 2.30. The molecule has 5 nitrogen and oxygen atoms in total. The lowest BCUT2D eigenvalue weighted by Gasteiger charge is -1.98. The number of pyridine rings is 1. The summed E-state index contributed by atoms with van der Waals surface area (Å²) in [7, 11) is 0. The Morgan fingerprint density at radius 1 is 1.60 bits per heavy atom. The summed E-state index contributed by atoms with van der Waals surface area (Å²) < 4.78 is 0. The molecule has 0 N–H and O–H groups in total.